The predicted octanol–water partition coefficient (Wildman–Crippen LogP) is 4.61. The zero-order chi connectivity index (χ0) is 28.2. The lowest BCUT2D eigenvalue weighted by atomic mass is 10.2. The fourth-order valence-electron chi connectivity index (χ4n) is 4.19. The minimum Gasteiger partial charge on any atom is -0.394 e. The number of anilines is 2. The number of hydrogen-bond acceptors (Lipinski definition) is 6. The molecule has 0 aliphatic carbocycles. The van der Waals surface area contributed by atoms with E-state index in [0.717, 1.165) is 23.6 Å². The molecular formula is C26H27Cl2N3O6S2. The number of benzene rings is 3. The van der Waals surface area contributed by atoms with Gasteiger partial charge in [-0.3, -0.25) is 9.10 Å². The van der Waals surface area contributed by atoms with Crippen LogP contribution in [0.5, 0.6) is 0 Å². The first-order chi connectivity index (χ1) is 18.5. The van der Waals surface area contributed by atoms with Crippen molar-refractivity contribution in [2.75, 3.05) is 35.9 Å². The number of halogens is 2. The molecule has 13 heteroatoms. The van der Waals surface area contributed by atoms with E-state index in [1.54, 1.807) is 0 Å². The number of hydrogen-bond donors (Lipinski definition) is 2. The Bertz CT molecular complexity index is 1540. The Hall–Kier alpha value is -2.67. The first kappa shape index (κ1) is 29.3. The van der Waals surface area contributed by atoms with Gasteiger partial charge < -0.3 is 10.4 Å². The number of sulfonamides is 2. The minimum atomic E-state index is -4.07. The normalized spacial score (nSPS) is 14.6. The van der Waals surface area contributed by atoms with Crippen LogP contribution in [0, 0.1) is 0 Å². The summed E-state index contributed by atoms with van der Waals surface area (Å²) in [6, 6.07) is 15.6. The molecule has 1 aliphatic heterocycles. The van der Waals surface area contributed by atoms with E-state index in [9.17, 15) is 26.7 Å². The molecule has 0 aromatic heterocycles. The zero-order valence-corrected chi connectivity index (χ0v) is 23.9. The molecule has 1 amide bonds. The van der Waals surface area contributed by atoms with E-state index in [4.69, 9.17) is 23.2 Å². The summed E-state index contributed by atoms with van der Waals surface area (Å²) in [5.41, 5.74) is 0.826. The van der Waals surface area contributed by atoms with Crippen molar-refractivity contribution in [3.63, 3.8) is 0 Å². The van der Waals surface area contributed by atoms with E-state index < -0.39 is 32.6 Å². The third kappa shape index (κ3) is 6.56. The maximum Gasteiger partial charge on any atom is 0.264 e. The summed E-state index contributed by atoms with van der Waals surface area (Å²) in [5, 5.41) is 12.6. The molecular weight excluding hydrogens is 585 g/mol. The summed E-state index contributed by atoms with van der Waals surface area (Å²) in [6.07, 6.45) is 2.67. The first-order valence-corrected chi connectivity index (χ1v) is 15.8. The van der Waals surface area contributed by atoms with Gasteiger partial charge >= 0.3 is 0 Å². The molecule has 2 N–H and O–H groups in total. The molecule has 0 radical (unpaired) electrons. The molecule has 3 aromatic rings. The van der Waals surface area contributed by atoms with Gasteiger partial charge in [0.05, 0.1) is 38.7 Å². The van der Waals surface area contributed by atoms with Gasteiger partial charge in [0, 0.05) is 24.3 Å². The van der Waals surface area contributed by atoms with Crippen LogP contribution in [0.2, 0.25) is 10.0 Å². The van der Waals surface area contributed by atoms with Crippen molar-refractivity contribution in [3.8, 4) is 0 Å². The highest BCUT2D eigenvalue weighted by molar-refractivity contribution is 7.92. The number of aliphatic hydroxyl groups is 1. The molecule has 1 heterocycles. The van der Waals surface area contributed by atoms with Gasteiger partial charge in [0.25, 0.3) is 15.9 Å². The summed E-state index contributed by atoms with van der Waals surface area (Å²) in [5.74, 6) is -0.481. The number of amides is 1. The van der Waals surface area contributed by atoms with E-state index in [1.165, 1.54) is 71.0 Å². The maximum atomic E-state index is 13.3. The van der Waals surface area contributed by atoms with E-state index in [-0.39, 0.29) is 37.6 Å². The van der Waals surface area contributed by atoms with Gasteiger partial charge in [-0.2, -0.15) is 4.31 Å². The third-order valence-electron chi connectivity index (χ3n) is 6.26. The summed E-state index contributed by atoms with van der Waals surface area (Å²) in [7, 11) is -7.68. The van der Waals surface area contributed by atoms with E-state index in [2.05, 4.69) is 5.32 Å². The molecule has 9 nitrogen and oxygen atoms in total. The highest BCUT2D eigenvalue weighted by Gasteiger charge is 2.27. The Labute approximate surface area is 238 Å². The summed E-state index contributed by atoms with van der Waals surface area (Å²) < 4.78 is 54.7. The lowest BCUT2D eigenvalue weighted by Gasteiger charge is -2.25. The molecule has 4 rings (SSSR count). The van der Waals surface area contributed by atoms with Crippen molar-refractivity contribution in [3.05, 3.63) is 82.3 Å². The van der Waals surface area contributed by atoms with Gasteiger partial charge in [0.15, 0.2) is 0 Å². The van der Waals surface area contributed by atoms with Crippen molar-refractivity contribution < 1.29 is 26.7 Å². The standard InChI is InChI=1S/C26H27Cl2N3O6S2/c27-24-13-8-21(18-25(24)28)31(16-17-32)39(36,37)23-11-6-20(7-12-23)29-26(33)19-4-9-22(10-5-19)38(34,35)30-14-2-1-3-15-30/h4-13,18,32H,1-3,14-17H2,(H,29,33). The van der Waals surface area contributed by atoms with Crippen molar-refractivity contribution in [2.45, 2.75) is 29.1 Å². The first-order valence-electron chi connectivity index (χ1n) is 12.1. The lowest BCUT2D eigenvalue weighted by molar-refractivity contribution is 0.102. The summed E-state index contributed by atoms with van der Waals surface area (Å²) in [4.78, 5) is 12.8. The minimum absolute atomic E-state index is 0.0627. The Morgan fingerprint density at radius 2 is 1.46 bits per heavy atom. The van der Waals surface area contributed by atoms with E-state index in [1.807, 2.05) is 0 Å². The molecule has 3 aromatic carbocycles. The molecule has 1 aliphatic rings. The quantitative estimate of drug-likeness (QED) is 0.364. The van der Waals surface area contributed by atoms with Crippen LogP contribution in [0.4, 0.5) is 11.4 Å². The topological polar surface area (TPSA) is 124 Å². The van der Waals surface area contributed by atoms with Crippen molar-refractivity contribution in [2.24, 2.45) is 0 Å². The smallest absolute Gasteiger partial charge is 0.264 e. The fourth-order valence-corrected chi connectivity index (χ4v) is 7.45. The largest absolute Gasteiger partial charge is 0.394 e. The third-order valence-corrected chi connectivity index (χ3v) is 10.8. The van der Waals surface area contributed by atoms with E-state index >= 15 is 0 Å². The van der Waals surface area contributed by atoms with Crippen LogP contribution >= 0.6 is 23.2 Å². The van der Waals surface area contributed by atoms with Crippen LogP contribution in [-0.4, -0.2) is 58.4 Å². The molecule has 0 unspecified atom stereocenters. The average molecular weight is 613 g/mol. The van der Waals surface area contributed by atoms with Gasteiger partial charge in [-0.15, -0.1) is 0 Å². The maximum absolute atomic E-state index is 13.3. The van der Waals surface area contributed by atoms with Gasteiger partial charge in [0.1, 0.15) is 0 Å². The van der Waals surface area contributed by atoms with Crippen LogP contribution in [0.15, 0.2) is 76.5 Å². The highest BCUT2D eigenvalue weighted by Crippen LogP contribution is 2.31. The molecule has 1 fully saturated rings. The van der Waals surface area contributed by atoms with Gasteiger partial charge in [-0.25, -0.2) is 16.8 Å². The monoisotopic (exact) mass is 611 g/mol. The second-order valence-corrected chi connectivity index (χ2v) is 13.5. The van der Waals surface area contributed by atoms with Crippen molar-refractivity contribution in [1.29, 1.82) is 0 Å². The number of carbonyl (C=O) groups is 1. The number of nitrogens with zero attached hydrogens (tertiary/aromatic N) is 2. The second-order valence-electron chi connectivity index (χ2n) is 8.87. The molecule has 0 bridgehead atoms. The highest BCUT2D eigenvalue weighted by atomic mass is 35.5. The predicted molar refractivity (Wildman–Crippen MR) is 152 cm³/mol. The molecule has 0 atom stereocenters. The van der Waals surface area contributed by atoms with Gasteiger partial charge in [-0.05, 0) is 79.6 Å². The Kier molecular flexibility index (Phi) is 9.20. The average Bonchev–Trinajstić information content (AvgIpc) is 2.94. The fraction of sp³-hybridized carbons (Fsp3) is 0.269. The summed E-state index contributed by atoms with van der Waals surface area (Å²) in [6.45, 7) is 0.344. The Morgan fingerprint density at radius 3 is 2.05 bits per heavy atom. The number of nitrogens with one attached hydrogen (secondary N) is 1. The number of rotatable bonds is 9. The SMILES string of the molecule is O=C(Nc1ccc(S(=O)(=O)N(CCO)c2ccc(Cl)c(Cl)c2)cc1)c1ccc(S(=O)(=O)N2CCCCC2)cc1. The zero-order valence-electron chi connectivity index (χ0n) is 20.8. The Balaban J connectivity index is 1.47. The van der Waals surface area contributed by atoms with Crippen LogP contribution in [0.3, 0.4) is 0 Å². The number of aliphatic hydroxyl groups excluding tert-OH is 1. The van der Waals surface area contributed by atoms with E-state index in [0.29, 0.717) is 18.8 Å². The molecule has 39 heavy (non-hydrogen) atoms. The molecule has 208 valence electrons. The molecule has 0 spiro atoms. The van der Waals surface area contributed by atoms with Gasteiger partial charge in [-0.1, -0.05) is 29.6 Å². The lowest BCUT2D eigenvalue weighted by Crippen LogP contribution is -2.35. The van der Waals surface area contributed by atoms with Crippen molar-refractivity contribution >= 4 is 60.5 Å². The van der Waals surface area contributed by atoms with Gasteiger partial charge in [0.2, 0.25) is 10.0 Å². The van der Waals surface area contributed by atoms with Crippen LogP contribution in [0.1, 0.15) is 29.6 Å². The Morgan fingerprint density at radius 1 is 0.846 bits per heavy atom. The number of carbonyl (C=O) groups excluding carboxylic acids is 1. The van der Waals surface area contributed by atoms with Crippen LogP contribution in [0.25, 0.3) is 0 Å². The summed E-state index contributed by atoms with van der Waals surface area (Å²) >= 11 is 12.0. The van der Waals surface area contributed by atoms with Crippen LogP contribution in [-0.2, 0) is 20.0 Å². The molecule has 1 saturated heterocycles. The van der Waals surface area contributed by atoms with Crippen molar-refractivity contribution in [1.82, 2.24) is 4.31 Å². The molecule has 0 saturated carbocycles. The number of piperidine rings is 1. The van der Waals surface area contributed by atoms with Crippen LogP contribution < -0.4 is 9.62 Å². The second kappa shape index (κ2) is 12.2.